The number of nitrogens with one attached hydrogen (secondary N) is 1. The number of aromatic nitrogens is 2. The van der Waals surface area contributed by atoms with E-state index in [1.165, 1.54) is 6.42 Å². The second-order valence-electron chi connectivity index (χ2n) is 6.98. The molecule has 1 N–H and O–H groups in total. The molecule has 1 saturated heterocycles. The van der Waals surface area contributed by atoms with E-state index in [4.69, 9.17) is 9.15 Å². The molecule has 1 aliphatic rings. The molecule has 26 heavy (non-hydrogen) atoms. The summed E-state index contributed by atoms with van der Waals surface area (Å²) in [5.41, 5.74) is 3.19. The molecule has 1 aromatic carbocycles. The molecule has 5 nitrogen and oxygen atoms in total. The number of rotatable bonds is 6. The molecule has 0 bridgehead atoms. The number of H-pyrrole nitrogens is 1. The standard InChI is InChI=1S/C21H25N3O2/c1-24(14-17-13-19(23-22-17)16-7-3-2-4-8-16)15-18-10-11-21(26-18)20-9-5-6-12-25-20/h2-4,7-8,10-11,13,20H,5-6,9,12,14-15H2,1H3,(H,22,23). The molecule has 0 aliphatic carbocycles. The lowest BCUT2D eigenvalue weighted by Crippen LogP contribution is -2.17. The van der Waals surface area contributed by atoms with Crippen LogP contribution in [0.5, 0.6) is 0 Å². The lowest BCUT2D eigenvalue weighted by molar-refractivity contribution is 0.000904. The van der Waals surface area contributed by atoms with Crippen LogP contribution in [0.4, 0.5) is 0 Å². The van der Waals surface area contributed by atoms with Gasteiger partial charge in [0.1, 0.15) is 17.6 Å². The molecule has 136 valence electrons. The zero-order valence-electron chi connectivity index (χ0n) is 15.1. The topological polar surface area (TPSA) is 54.3 Å². The zero-order valence-corrected chi connectivity index (χ0v) is 15.1. The SMILES string of the molecule is CN(Cc1cc(-c2ccccc2)n[nH]1)Cc1ccc(C2CCCCO2)o1. The summed E-state index contributed by atoms with van der Waals surface area (Å²) < 4.78 is 11.8. The number of furan rings is 1. The van der Waals surface area contributed by atoms with Gasteiger partial charge in [0.25, 0.3) is 0 Å². The fourth-order valence-corrected chi connectivity index (χ4v) is 3.43. The number of aromatic amines is 1. The van der Waals surface area contributed by atoms with Crippen molar-refractivity contribution in [3.05, 3.63) is 65.7 Å². The van der Waals surface area contributed by atoms with Gasteiger partial charge in [-0.25, -0.2) is 0 Å². The lowest BCUT2D eigenvalue weighted by Gasteiger charge is -2.20. The first kappa shape index (κ1) is 17.1. The van der Waals surface area contributed by atoms with Crippen LogP contribution in [0, 0.1) is 0 Å². The van der Waals surface area contributed by atoms with E-state index in [2.05, 4.69) is 52.5 Å². The van der Waals surface area contributed by atoms with Gasteiger partial charge in [0, 0.05) is 24.4 Å². The van der Waals surface area contributed by atoms with Gasteiger partial charge in [0.15, 0.2) is 0 Å². The van der Waals surface area contributed by atoms with E-state index in [9.17, 15) is 0 Å². The second kappa shape index (κ2) is 7.89. The van der Waals surface area contributed by atoms with E-state index in [0.29, 0.717) is 0 Å². The Balaban J connectivity index is 1.35. The molecule has 0 amide bonds. The van der Waals surface area contributed by atoms with Crippen molar-refractivity contribution in [2.45, 2.75) is 38.5 Å². The molecule has 4 rings (SSSR count). The summed E-state index contributed by atoms with van der Waals surface area (Å²) in [4.78, 5) is 2.21. The minimum absolute atomic E-state index is 0.129. The first-order chi connectivity index (χ1) is 12.8. The van der Waals surface area contributed by atoms with Gasteiger partial charge in [0.2, 0.25) is 0 Å². The third-order valence-electron chi connectivity index (χ3n) is 4.75. The Hall–Kier alpha value is -2.37. The zero-order chi connectivity index (χ0) is 17.8. The van der Waals surface area contributed by atoms with Crippen LogP contribution in [0.2, 0.25) is 0 Å². The van der Waals surface area contributed by atoms with Crippen LogP contribution < -0.4 is 0 Å². The predicted octanol–water partition coefficient (Wildman–Crippen LogP) is 4.54. The van der Waals surface area contributed by atoms with Crippen molar-refractivity contribution in [1.29, 1.82) is 0 Å². The van der Waals surface area contributed by atoms with Gasteiger partial charge in [-0.2, -0.15) is 5.10 Å². The molecule has 3 heterocycles. The Labute approximate surface area is 154 Å². The monoisotopic (exact) mass is 351 g/mol. The number of nitrogens with zero attached hydrogens (tertiary/aromatic N) is 2. The first-order valence-corrected chi connectivity index (χ1v) is 9.26. The molecular weight excluding hydrogens is 326 g/mol. The van der Waals surface area contributed by atoms with Crippen molar-refractivity contribution < 1.29 is 9.15 Å². The van der Waals surface area contributed by atoms with Crippen molar-refractivity contribution in [2.24, 2.45) is 0 Å². The number of ether oxygens (including phenoxy) is 1. The van der Waals surface area contributed by atoms with E-state index in [0.717, 1.165) is 61.0 Å². The highest BCUT2D eigenvalue weighted by Gasteiger charge is 2.19. The Kier molecular flexibility index (Phi) is 5.18. The van der Waals surface area contributed by atoms with Crippen LogP contribution in [-0.2, 0) is 17.8 Å². The van der Waals surface area contributed by atoms with E-state index in [-0.39, 0.29) is 6.10 Å². The summed E-state index contributed by atoms with van der Waals surface area (Å²) >= 11 is 0. The molecule has 1 unspecified atom stereocenters. The van der Waals surface area contributed by atoms with E-state index >= 15 is 0 Å². The molecular formula is C21H25N3O2. The molecule has 1 atom stereocenters. The summed E-state index contributed by atoms with van der Waals surface area (Å²) in [5.74, 6) is 1.93. The molecule has 0 spiro atoms. The Morgan fingerprint density at radius 1 is 1.12 bits per heavy atom. The van der Waals surface area contributed by atoms with Gasteiger partial charge in [-0.15, -0.1) is 0 Å². The highest BCUT2D eigenvalue weighted by Crippen LogP contribution is 2.29. The van der Waals surface area contributed by atoms with Crippen LogP contribution >= 0.6 is 0 Å². The van der Waals surface area contributed by atoms with Gasteiger partial charge in [-0.1, -0.05) is 30.3 Å². The van der Waals surface area contributed by atoms with Crippen molar-refractivity contribution in [3.63, 3.8) is 0 Å². The van der Waals surface area contributed by atoms with Crippen LogP contribution in [0.25, 0.3) is 11.3 Å². The van der Waals surface area contributed by atoms with Gasteiger partial charge >= 0.3 is 0 Å². The molecule has 1 fully saturated rings. The van der Waals surface area contributed by atoms with Crippen LogP contribution in [-0.4, -0.2) is 28.8 Å². The summed E-state index contributed by atoms with van der Waals surface area (Å²) in [7, 11) is 2.09. The van der Waals surface area contributed by atoms with E-state index < -0.39 is 0 Å². The van der Waals surface area contributed by atoms with Gasteiger partial charge in [0.05, 0.1) is 12.2 Å². The van der Waals surface area contributed by atoms with Crippen LogP contribution in [0.1, 0.15) is 42.6 Å². The van der Waals surface area contributed by atoms with Crippen molar-refractivity contribution >= 4 is 0 Å². The van der Waals surface area contributed by atoms with Gasteiger partial charge in [-0.3, -0.25) is 10.00 Å². The summed E-state index contributed by atoms with van der Waals surface area (Å²) in [6.45, 7) is 2.38. The summed E-state index contributed by atoms with van der Waals surface area (Å²) in [6.07, 6.45) is 3.55. The minimum atomic E-state index is 0.129. The predicted molar refractivity (Wildman–Crippen MR) is 100 cm³/mol. The number of benzene rings is 1. The quantitative estimate of drug-likeness (QED) is 0.708. The fourth-order valence-electron chi connectivity index (χ4n) is 3.43. The van der Waals surface area contributed by atoms with Crippen molar-refractivity contribution in [1.82, 2.24) is 15.1 Å². The third-order valence-corrected chi connectivity index (χ3v) is 4.75. The smallest absolute Gasteiger partial charge is 0.133 e. The molecule has 0 saturated carbocycles. The Morgan fingerprint density at radius 3 is 2.81 bits per heavy atom. The Morgan fingerprint density at radius 2 is 2.00 bits per heavy atom. The molecule has 5 heteroatoms. The van der Waals surface area contributed by atoms with Crippen LogP contribution in [0.15, 0.2) is 52.9 Å². The maximum absolute atomic E-state index is 6.01. The molecule has 0 radical (unpaired) electrons. The first-order valence-electron chi connectivity index (χ1n) is 9.26. The number of hydrogen-bond acceptors (Lipinski definition) is 4. The van der Waals surface area contributed by atoms with Crippen molar-refractivity contribution in [3.8, 4) is 11.3 Å². The van der Waals surface area contributed by atoms with Crippen molar-refractivity contribution in [2.75, 3.05) is 13.7 Å². The maximum atomic E-state index is 6.01. The highest BCUT2D eigenvalue weighted by molar-refractivity contribution is 5.58. The second-order valence-corrected chi connectivity index (χ2v) is 6.98. The highest BCUT2D eigenvalue weighted by atomic mass is 16.5. The summed E-state index contributed by atoms with van der Waals surface area (Å²) in [5, 5.41) is 7.56. The number of hydrogen-bond donors (Lipinski definition) is 1. The van der Waals surface area contributed by atoms with E-state index in [1.54, 1.807) is 0 Å². The molecule has 3 aromatic rings. The molecule has 2 aromatic heterocycles. The average Bonchev–Trinajstić information content (AvgIpc) is 3.33. The maximum Gasteiger partial charge on any atom is 0.133 e. The van der Waals surface area contributed by atoms with Gasteiger partial charge in [-0.05, 0) is 44.5 Å². The third kappa shape index (κ3) is 4.06. The van der Waals surface area contributed by atoms with Gasteiger partial charge < -0.3 is 9.15 Å². The minimum Gasteiger partial charge on any atom is -0.462 e. The Bertz CT molecular complexity index is 819. The average molecular weight is 351 g/mol. The normalized spacial score (nSPS) is 17.7. The fraction of sp³-hybridized carbons (Fsp3) is 0.381. The largest absolute Gasteiger partial charge is 0.462 e. The van der Waals surface area contributed by atoms with Crippen LogP contribution in [0.3, 0.4) is 0 Å². The van der Waals surface area contributed by atoms with E-state index in [1.807, 2.05) is 18.2 Å². The lowest BCUT2D eigenvalue weighted by atomic mass is 10.1. The molecule has 1 aliphatic heterocycles. The summed E-state index contributed by atoms with van der Waals surface area (Å²) in [6, 6.07) is 16.4.